The molecule has 0 heterocycles. The fourth-order valence-electron chi connectivity index (χ4n) is 2.44. The lowest BCUT2D eigenvalue weighted by atomic mass is 9.96. The molecule has 5 heteroatoms. The van der Waals surface area contributed by atoms with Gasteiger partial charge in [-0.15, -0.1) is 0 Å². The van der Waals surface area contributed by atoms with E-state index in [4.69, 9.17) is 4.74 Å². The van der Waals surface area contributed by atoms with Crippen LogP contribution in [0.25, 0.3) is 0 Å². The molecule has 0 aliphatic rings. The van der Waals surface area contributed by atoms with Crippen molar-refractivity contribution in [3.05, 3.63) is 33.3 Å². The molecule has 1 N–H and O–H groups in total. The molecule has 1 aromatic rings. The van der Waals surface area contributed by atoms with E-state index in [0.29, 0.717) is 13.0 Å². The highest BCUT2D eigenvalue weighted by Crippen LogP contribution is 2.24. The normalized spacial score (nSPS) is 13.3. The molecule has 0 saturated heterocycles. The molecule has 128 valence electrons. The van der Waals surface area contributed by atoms with Crippen molar-refractivity contribution >= 4 is 27.8 Å². The highest BCUT2D eigenvalue weighted by Gasteiger charge is 2.34. The first-order valence-electron chi connectivity index (χ1n) is 8.03. The monoisotopic (exact) mass is 383 g/mol. The van der Waals surface area contributed by atoms with E-state index in [-0.39, 0.29) is 12.3 Å². The van der Waals surface area contributed by atoms with Crippen LogP contribution in [0.4, 0.5) is 0 Å². The maximum atomic E-state index is 12.5. The second-order valence-electron chi connectivity index (χ2n) is 5.87. The van der Waals surface area contributed by atoms with Crippen molar-refractivity contribution in [2.24, 2.45) is 0 Å². The van der Waals surface area contributed by atoms with E-state index in [1.165, 1.54) is 0 Å². The van der Waals surface area contributed by atoms with E-state index in [1.807, 2.05) is 19.9 Å². The van der Waals surface area contributed by atoms with Crippen LogP contribution in [0.3, 0.4) is 0 Å². The van der Waals surface area contributed by atoms with Crippen molar-refractivity contribution in [1.82, 2.24) is 5.32 Å². The van der Waals surface area contributed by atoms with Crippen LogP contribution in [-0.2, 0) is 27.2 Å². The van der Waals surface area contributed by atoms with Gasteiger partial charge in [-0.25, -0.2) is 4.79 Å². The number of carbonyl (C=O) groups is 2. The molecule has 1 atom stereocenters. The Labute approximate surface area is 147 Å². The van der Waals surface area contributed by atoms with E-state index in [1.54, 1.807) is 13.8 Å². The van der Waals surface area contributed by atoms with Crippen LogP contribution in [0.2, 0.25) is 0 Å². The first-order chi connectivity index (χ1) is 10.8. The van der Waals surface area contributed by atoms with Crippen molar-refractivity contribution < 1.29 is 14.3 Å². The minimum Gasteiger partial charge on any atom is -0.464 e. The van der Waals surface area contributed by atoms with Gasteiger partial charge in [-0.3, -0.25) is 4.79 Å². The first kappa shape index (κ1) is 19.7. The lowest BCUT2D eigenvalue weighted by Crippen LogP contribution is -2.53. The maximum absolute atomic E-state index is 12.5. The van der Waals surface area contributed by atoms with Crippen LogP contribution >= 0.6 is 15.9 Å². The number of ether oxygens (including phenoxy) is 1. The molecule has 1 rings (SSSR count). The lowest BCUT2D eigenvalue weighted by Gasteiger charge is -2.27. The highest BCUT2D eigenvalue weighted by atomic mass is 79.9. The number of nitrogens with one attached hydrogen (secondary N) is 1. The van der Waals surface area contributed by atoms with Crippen molar-refractivity contribution in [2.45, 2.75) is 59.4 Å². The van der Waals surface area contributed by atoms with Crippen LogP contribution in [0.5, 0.6) is 0 Å². The van der Waals surface area contributed by atoms with Crippen LogP contribution in [0, 0.1) is 6.92 Å². The van der Waals surface area contributed by atoms with E-state index in [2.05, 4.69) is 34.2 Å². The number of amides is 1. The predicted molar refractivity (Wildman–Crippen MR) is 95.4 cm³/mol. The third kappa shape index (κ3) is 5.06. The summed E-state index contributed by atoms with van der Waals surface area (Å²) >= 11 is 3.55. The Morgan fingerprint density at radius 2 is 1.91 bits per heavy atom. The largest absolute Gasteiger partial charge is 0.464 e. The van der Waals surface area contributed by atoms with Gasteiger partial charge in [0, 0.05) is 4.47 Å². The molecule has 0 radical (unpaired) electrons. The first-order valence-corrected chi connectivity index (χ1v) is 8.82. The molecular formula is C18H26BrNO3. The molecule has 0 spiro atoms. The molecule has 1 amide bonds. The number of aryl methyl sites for hydroxylation is 2. The number of rotatable bonds is 7. The molecule has 0 bridgehead atoms. The van der Waals surface area contributed by atoms with E-state index < -0.39 is 11.5 Å². The lowest BCUT2D eigenvalue weighted by molar-refractivity contribution is -0.152. The van der Waals surface area contributed by atoms with Gasteiger partial charge in [-0.1, -0.05) is 35.8 Å². The summed E-state index contributed by atoms with van der Waals surface area (Å²) in [7, 11) is 0. The fraction of sp³-hybridized carbons (Fsp3) is 0.556. The van der Waals surface area contributed by atoms with Gasteiger partial charge in [0.25, 0.3) is 0 Å². The van der Waals surface area contributed by atoms with Gasteiger partial charge >= 0.3 is 5.97 Å². The van der Waals surface area contributed by atoms with Crippen molar-refractivity contribution in [3.8, 4) is 0 Å². The van der Waals surface area contributed by atoms with Crippen LogP contribution in [0.15, 0.2) is 16.6 Å². The minimum atomic E-state index is -0.989. The molecule has 1 unspecified atom stereocenters. The molecule has 0 aromatic heterocycles. The Balaban J connectivity index is 2.94. The Kier molecular flexibility index (Phi) is 7.26. The molecule has 1 aromatic carbocycles. The number of esters is 1. The number of halogens is 1. The Morgan fingerprint density at radius 3 is 2.43 bits per heavy atom. The molecule has 23 heavy (non-hydrogen) atoms. The SMILES string of the molecule is CCOC(=O)C(C)(CC)NC(=O)Cc1c(Br)cc(C)cc1CC. The van der Waals surface area contributed by atoms with Gasteiger partial charge in [-0.05, 0) is 56.4 Å². The van der Waals surface area contributed by atoms with Crippen molar-refractivity contribution in [2.75, 3.05) is 6.61 Å². The predicted octanol–water partition coefficient (Wildman–Crippen LogP) is 3.71. The van der Waals surface area contributed by atoms with Gasteiger partial charge in [0.1, 0.15) is 5.54 Å². The quantitative estimate of drug-likeness (QED) is 0.730. The standard InChI is InChI=1S/C18H26BrNO3/c1-6-13-9-12(4)10-15(19)14(13)11-16(21)20-18(5,7-2)17(22)23-8-3/h9-10H,6-8,11H2,1-5H3,(H,20,21). The van der Waals surface area contributed by atoms with E-state index >= 15 is 0 Å². The smallest absolute Gasteiger partial charge is 0.331 e. The summed E-state index contributed by atoms with van der Waals surface area (Å²) in [6.07, 6.45) is 1.57. The minimum absolute atomic E-state index is 0.179. The molecule has 0 fully saturated rings. The van der Waals surface area contributed by atoms with Crippen molar-refractivity contribution in [1.29, 1.82) is 0 Å². The van der Waals surface area contributed by atoms with Crippen LogP contribution in [-0.4, -0.2) is 24.0 Å². The van der Waals surface area contributed by atoms with Gasteiger partial charge in [0.15, 0.2) is 0 Å². The second-order valence-corrected chi connectivity index (χ2v) is 6.72. The molecule has 0 aliphatic carbocycles. The Morgan fingerprint density at radius 1 is 1.26 bits per heavy atom. The summed E-state index contributed by atoms with van der Waals surface area (Å²) in [5, 5.41) is 2.83. The molecule has 0 saturated carbocycles. The average molecular weight is 384 g/mol. The van der Waals surface area contributed by atoms with Crippen LogP contribution in [0.1, 0.15) is 50.8 Å². The summed E-state index contributed by atoms with van der Waals surface area (Å²) in [5.74, 6) is -0.573. The summed E-state index contributed by atoms with van der Waals surface area (Å²) in [5.41, 5.74) is 2.28. The number of hydrogen-bond acceptors (Lipinski definition) is 3. The fourth-order valence-corrected chi connectivity index (χ4v) is 3.20. The Bertz CT molecular complexity index is 586. The van der Waals surface area contributed by atoms with Gasteiger partial charge in [-0.2, -0.15) is 0 Å². The molecular weight excluding hydrogens is 358 g/mol. The summed E-state index contributed by atoms with van der Waals surface area (Å²) in [6, 6.07) is 4.10. The zero-order valence-electron chi connectivity index (χ0n) is 14.6. The average Bonchev–Trinajstić information content (AvgIpc) is 2.49. The third-order valence-corrected chi connectivity index (χ3v) is 4.71. The zero-order valence-corrected chi connectivity index (χ0v) is 16.2. The highest BCUT2D eigenvalue weighted by molar-refractivity contribution is 9.10. The molecule has 0 aliphatic heterocycles. The molecule has 4 nitrogen and oxygen atoms in total. The van der Waals surface area contributed by atoms with Crippen molar-refractivity contribution in [3.63, 3.8) is 0 Å². The van der Waals surface area contributed by atoms with E-state index in [9.17, 15) is 9.59 Å². The summed E-state index contributed by atoms with van der Waals surface area (Å²) < 4.78 is 6.00. The van der Waals surface area contributed by atoms with Gasteiger partial charge in [0.2, 0.25) is 5.91 Å². The van der Waals surface area contributed by atoms with Gasteiger partial charge in [0.05, 0.1) is 13.0 Å². The number of benzene rings is 1. The topological polar surface area (TPSA) is 55.4 Å². The number of hydrogen-bond donors (Lipinski definition) is 1. The maximum Gasteiger partial charge on any atom is 0.331 e. The zero-order chi connectivity index (χ0) is 17.6. The number of carbonyl (C=O) groups excluding carboxylic acids is 2. The van der Waals surface area contributed by atoms with Crippen LogP contribution < -0.4 is 5.32 Å². The second kappa shape index (κ2) is 8.48. The Hall–Kier alpha value is -1.36. The van der Waals surface area contributed by atoms with Gasteiger partial charge < -0.3 is 10.1 Å². The summed E-state index contributed by atoms with van der Waals surface area (Å²) in [6.45, 7) is 9.71. The third-order valence-electron chi connectivity index (χ3n) is 4.00. The van der Waals surface area contributed by atoms with E-state index in [0.717, 1.165) is 27.6 Å². The summed E-state index contributed by atoms with van der Waals surface area (Å²) in [4.78, 5) is 24.5.